The number of H-pyrrole nitrogens is 1. The highest BCUT2D eigenvalue weighted by Crippen LogP contribution is 2.25. The first-order chi connectivity index (χ1) is 41.2. The molecule has 0 spiro atoms. The second-order valence-corrected chi connectivity index (χ2v) is 25.7. The minimum atomic E-state index is -4.20. The molecule has 6 rings (SSSR count). The third-order valence-corrected chi connectivity index (χ3v) is 18.5. The minimum Gasteiger partial charge on any atom is -0.508 e. The molecule has 2 aliphatic heterocycles. The fraction of sp³-hybridized carbons (Fsp3) is 0.509. The molecule has 16 N–H and O–H groups in total. The zero-order valence-electron chi connectivity index (χ0n) is 48.2. The summed E-state index contributed by atoms with van der Waals surface area (Å²) in [7, 11) is -2.32. The van der Waals surface area contributed by atoms with Gasteiger partial charge in [0.2, 0.25) is 57.3 Å². The number of nitrogens with one attached hydrogen (secondary N) is 9. The first-order valence-electron chi connectivity index (χ1n) is 28.6. The van der Waals surface area contributed by atoms with E-state index in [2.05, 4.69) is 51.8 Å². The number of rotatable bonds is 24. The van der Waals surface area contributed by atoms with Crippen LogP contribution in [0.2, 0.25) is 0 Å². The molecule has 0 bridgehead atoms. The summed E-state index contributed by atoms with van der Waals surface area (Å²) in [6, 6.07) is 9.94. The number of aliphatic hydroxyl groups excluding tert-OH is 2. The van der Waals surface area contributed by atoms with Gasteiger partial charge in [0, 0.05) is 80.7 Å². The summed E-state index contributed by atoms with van der Waals surface area (Å²) in [6.07, 6.45) is 0.511. The van der Waals surface area contributed by atoms with Crippen LogP contribution in [0.15, 0.2) is 85.1 Å². The lowest BCUT2D eigenvalue weighted by atomic mass is 10.0. The number of unbranched alkanes of at least 4 members (excludes halogenated alkanes) is 1. The number of piperazine rings is 1. The fourth-order valence-electron chi connectivity index (χ4n) is 9.78. The highest BCUT2D eigenvalue weighted by molar-refractivity contribution is 8.76. The second-order valence-electron chi connectivity index (χ2n) is 21.3. The summed E-state index contributed by atoms with van der Waals surface area (Å²) in [4.78, 5) is 122. The van der Waals surface area contributed by atoms with Crippen LogP contribution in [0, 0.1) is 0 Å². The van der Waals surface area contributed by atoms with Crippen molar-refractivity contribution in [3.8, 4) is 5.75 Å². The third-order valence-electron chi connectivity index (χ3n) is 14.7. The monoisotopic (exact) mass is 1250 g/mol. The number of aromatic nitrogens is 1. The Hall–Kier alpha value is -6.83. The Morgan fingerprint density at radius 1 is 0.733 bits per heavy atom. The normalized spacial score (nSPS) is 22.2. The third kappa shape index (κ3) is 21.2. The Morgan fingerprint density at radius 2 is 1.33 bits per heavy atom. The summed E-state index contributed by atoms with van der Waals surface area (Å²) in [5.74, 6) is -8.29. The molecule has 1 aromatic heterocycles. The number of benzene rings is 3. The molecule has 4 aromatic rings. The van der Waals surface area contributed by atoms with Crippen molar-refractivity contribution >= 4 is 89.8 Å². The van der Waals surface area contributed by atoms with Gasteiger partial charge in [-0.15, -0.1) is 0 Å². The molecule has 0 saturated carbocycles. The number of β-amino-alcohol motifs (C(OH)–C–C–N with tert-alkyl or cyclic N) is 1. The molecule has 29 heteroatoms. The number of carbonyl (C=O) groups excluding carboxylic acids is 8. The van der Waals surface area contributed by atoms with E-state index < -0.39 is 112 Å². The van der Waals surface area contributed by atoms with Crippen LogP contribution >= 0.6 is 21.6 Å². The zero-order valence-corrected chi connectivity index (χ0v) is 50.7. The Balaban J connectivity index is 1.39. The van der Waals surface area contributed by atoms with E-state index >= 15 is 9.59 Å². The van der Waals surface area contributed by atoms with Crippen molar-refractivity contribution in [1.29, 1.82) is 0 Å². The lowest BCUT2D eigenvalue weighted by molar-refractivity contribution is -0.135. The Bertz CT molecular complexity index is 3030. The zero-order chi connectivity index (χ0) is 62.3. The summed E-state index contributed by atoms with van der Waals surface area (Å²) < 4.78 is 30.5. The van der Waals surface area contributed by atoms with Gasteiger partial charge in [-0.25, -0.2) is 13.1 Å². The van der Waals surface area contributed by atoms with Gasteiger partial charge in [0.15, 0.2) is 0 Å². The number of nitrogens with zero attached hydrogens (tertiary/aromatic N) is 2. The van der Waals surface area contributed by atoms with E-state index in [0.29, 0.717) is 62.3 Å². The van der Waals surface area contributed by atoms with E-state index in [9.17, 15) is 52.5 Å². The molecule has 9 atom stereocenters. The summed E-state index contributed by atoms with van der Waals surface area (Å²) in [5.41, 5.74) is 13.7. The number of phenols is 1. The maximum absolute atomic E-state index is 15.1. The van der Waals surface area contributed by atoms with Crippen molar-refractivity contribution < 1.29 is 62.1 Å². The molecule has 9 unspecified atom stereocenters. The van der Waals surface area contributed by atoms with Crippen molar-refractivity contribution in [3.63, 3.8) is 0 Å². The van der Waals surface area contributed by atoms with Crippen molar-refractivity contribution in [1.82, 2.24) is 56.7 Å². The smallest absolute Gasteiger partial charge is 0.244 e. The molecule has 3 heterocycles. The number of aromatic hydroxyl groups is 1. The van der Waals surface area contributed by atoms with Crippen LogP contribution in [-0.2, 0) is 67.6 Å². The number of phenolic OH excluding ortho intramolecular Hbond substituents is 1. The van der Waals surface area contributed by atoms with Crippen molar-refractivity contribution in [2.75, 3.05) is 69.7 Å². The largest absolute Gasteiger partial charge is 0.508 e. The number of carbonyl (C=O) groups is 8. The van der Waals surface area contributed by atoms with Gasteiger partial charge >= 0.3 is 0 Å². The second kappa shape index (κ2) is 33.9. The molecule has 0 radical (unpaired) electrons. The molecule has 470 valence electrons. The molecule has 2 aliphatic rings. The average molecular weight is 1250 g/mol. The number of nitrogens with two attached hydrogens (primary N) is 2. The molecule has 0 aliphatic carbocycles. The number of primary amides is 1. The first-order valence-corrected chi connectivity index (χ1v) is 32.8. The lowest BCUT2D eigenvalue weighted by Crippen LogP contribution is -2.61. The van der Waals surface area contributed by atoms with E-state index in [4.69, 9.17) is 11.5 Å². The summed E-state index contributed by atoms with van der Waals surface area (Å²) in [6.45, 7) is 6.07. The predicted octanol–water partition coefficient (Wildman–Crippen LogP) is -2.01. The molecule has 86 heavy (non-hydrogen) atoms. The molecule has 3 aromatic carbocycles. The maximum atomic E-state index is 15.1. The predicted molar refractivity (Wildman–Crippen MR) is 327 cm³/mol. The van der Waals surface area contributed by atoms with Crippen molar-refractivity contribution in [2.45, 2.75) is 113 Å². The quantitative estimate of drug-likeness (QED) is 0.0266. The number of hydrogen-bond donors (Lipinski definition) is 14. The Kier molecular flexibility index (Phi) is 26.9. The van der Waals surface area contributed by atoms with Crippen LogP contribution in [0.4, 0.5) is 0 Å². The molecule has 2 fully saturated rings. The van der Waals surface area contributed by atoms with Gasteiger partial charge in [-0.3, -0.25) is 48.2 Å². The summed E-state index contributed by atoms with van der Waals surface area (Å²) in [5, 5.41) is 49.5. The molecular weight excluding hydrogens is 1170 g/mol. The van der Waals surface area contributed by atoms with E-state index in [0.717, 1.165) is 32.5 Å². The van der Waals surface area contributed by atoms with Gasteiger partial charge in [-0.05, 0) is 80.5 Å². The number of fused-ring (bicyclic) bond motifs is 1. The van der Waals surface area contributed by atoms with Crippen LogP contribution < -0.4 is 53.4 Å². The van der Waals surface area contributed by atoms with E-state index in [1.807, 2.05) is 23.1 Å². The fourth-order valence-corrected chi connectivity index (χ4v) is 13.3. The summed E-state index contributed by atoms with van der Waals surface area (Å²) >= 11 is 0. The van der Waals surface area contributed by atoms with Crippen LogP contribution in [0.3, 0.4) is 0 Å². The van der Waals surface area contributed by atoms with Crippen LogP contribution in [0.25, 0.3) is 10.9 Å². The number of amides is 8. The minimum absolute atomic E-state index is 0.00350. The van der Waals surface area contributed by atoms with Crippen molar-refractivity contribution in [2.24, 2.45) is 11.5 Å². The van der Waals surface area contributed by atoms with Gasteiger partial charge in [-0.1, -0.05) is 89.2 Å². The van der Waals surface area contributed by atoms with Crippen LogP contribution in [-0.4, -0.2) is 210 Å². The molecule has 8 amide bonds. The van der Waals surface area contributed by atoms with Crippen molar-refractivity contribution in [3.05, 3.63) is 102 Å². The topological polar surface area (TPSA) is 402 Å². The Morgan fingerprint density at radius 3 is 1.98 bits per heavy atom. The highest BCUT2D eigenvalue weighted by atomic mass is 33.1. The van der Waals surface area contributed by atoms with Crippen LogP contribution in [0.1, 0.15) is 56.2 Å². The van der Waals surface area contributed by atoms with E-state index in [-0.39, 0.29) is 74.8 Å². The molecular formula is C57H81N13O13S3. The van der Waals surface area contributed by atoms with Gasteiger partial charge in [0.25, 0.3) is 0 Å². The number of sulfonamides is 1. The number of para-hydroxylation sites is 1. The number of aromatic amines is 1. The molecule has 26 nitrogen and oxygen atoms in total. The van der Waals surface area contributed by atoms with Crippen LogP contribution in [0.5, 0.6) is 5.75 Å². The maximum Gasteiger partial charge on any atom is 0.244 e. The number of hydrogen-bond acceptors (Lipinski definition) is 18. The average Bonchev–Trinajstić information content (AvgIpc) is 4.03. The van der Waals surface area contributed by atoms with Gasteiger partial charge in [-0.2, -0.15) is 0 Å². The molecule has 2 saturated heterocycles. The SMILES string of the molecule is CCC1NC(=O)C(CCCCN)NC(=O)C(Cc2c[nH]c3ccccc23)NC(=O)C(Cc2ccc(O)cc2)NC(=O)C(NC(=O)C(Cc2ccccc2)NS(=O)(=O)CCN2CCN(CCO)CC2)CSSCC(C(=O)NC(C(N)=O)C(C)O)NC1=O. The number of aliphatic hydroxyl groups is 2. The van der Waals surface area contributed by atoms with Gasteiger partial charge in [0.1, 0.15) is 54.1 Å². The standard InChI is InChI=1S/C57H81N13O13S3/c1-3-41-51(75)65-48(57(81)67-49(35(2)72)50(59)74)34-85-84-33-47(66-55(79)46(30-36-11-5-4-6-12-36)68-86(82,83)28-26-70-23-21-69(22-24-70)25-27-71)56(80)63-44(29-37-16-18-39(73)19-17-37)53(77)64-45(31-38-32-60-42-14-8-7-13-40(38)42)54(78)62-43(52(76)61-41)15-9-10-20-58/h4-8,11-14,16-19,32,35,41,43-49,60,68,71-73H,3,9-10,15,20-31,33-34,58H2,1-2H3,(H2,59,74)(H,61,76)(H,62,78)(H,63,80)(H,64,77)(H,65,75)(H,66,79)(H,67,81). The Labute approximate surface area is 508 Å². The lowest BCUT2D eigenvalue weighted by Gasteiger charge is -2.34. The van der Waals surface area contributed by atoms with E-state index in [1.165, 1.54) is 31.2 Å². The van der Waals surface area contributed by atoms with Gasteiger partial charge < -0.3 is 69.0 Å². The van der Waals surface area contributed by atoms with E-state index in [1.54, 1.807) is 49.5 Å². The first kappa shape index (κ1) is 68.3. The van der Waals surface area contributed by atoms with Gasteiger partial charge in [0.05, 0.1) is 18.5 Å². The highest BCUT2D eigenvalue weighted by Gasteiger charge is 2.37.